The van der Waals surface area contributed by atoms with Crippen LogP contribution in [-0.2, 0) is 10.4 Å². The lowest BCUT2D eigenvalue weighted by Crippen LogP contribution is -2.47. The lowest BCUT2D eigenvalue weighted by atomic mass is 9.87. The van der Waals surface area contributed by atoms with Gasteiger partial charge in [0.25, 0.3) is 5.91 Å². The number of carbonyl (C=O) groups is 2. The van der Waals surface area contributed by atoms with Gasteiger partial charge in [-0.05, 0) is 78.5 Å². The summed E-state index contributed by atoms with van der Waals surface area (Å²) in [5.74, 6) is -0.110. The van der Waals surface area contributed by atoms with Crippen LogP contribution in [0.2, 0.25) is 0 Å². The smallest absolute Gasteiger partial charge is 0.264 e. The topological polar surface area (TPSA) is 106 Å². The zero-order valence-corrected chi connectivity index (χ0v) is 22.0. The maximum atomic E-state index is 14.1. The molecule has 0 radical (unpaired) electrons. The van der Waals surface area contributed by atoms with Crippen molar-refractivity contribution in [1.29, 1.82) is 0 Å². The molecule has 1 saturated carbocycles. The first kappa shape index (κ1) is 25.1. The summed E-state index contributed by atoms with van der Waals surface area (Å²) in [6.45, 7) is 9.35. The van der Waals surface area contributed by atoms with Crippen LogP contribution in [-0.4, -0.2) is 47.2 Å². The van der Waals surface area contributed by atoms with Crippen LogP contribution in [0.1, 0.15) is 82.3 Å². The first-order valence-electron chi connectivity index (χ1n) is 12.8. The number of benzene rings is 1. The van der Waals surface area contributed by atoms with Gasteiger partial charge in [-0.3, -0.25) is 9.48 Å². The Morgan fingerprint density at radius 3 is 2.51 bits per heavy atom. The molecule has 9 heteroatoms. The number of nitrogens with zero attached hydrogens (tertiary/aromatic N) is 6. The van der Waals surface area contributed by atoms with Crippen LogP contribution in [0.15, 0.2) is 43.0 Å². The summed E-state index contributed by atoms with van der Waals surface area (Å²) in [5.41, 5.74) is 1.03. The van der Waals surface area contributed by atoms with Gasteiger partial charge < -0.3 is 14.8 Å². The summed E-state index contributed by atoms with van der Waals surface area (Å²) in [7, 11) is 0. The summed E-state index contributed by atoms with van der Waals surface area (Å²) in [4.78, 5) is 31.4. The Labute approximate surface area is 216 Å². The third-order valence-electron chi connectivity index (χ3n) is 7.23. The van der Waals surface area contributed by atoms with E-state index in [4.69, 9.17) is 5.10 Å². The summed E-state index contributed by atoms with van der Waals surface area (Å²) in [6, 6.07) is 5.83. The molecule has 1 N–H and O–H groups in total. The molecule has 4 aromatic rings. The Hall–Kier alpha value is -3.59. The molecule has 1 aliphatic carbocycles. The number of amides is 1. The maximum Gasteiger partial charge on any atom is 0.264 e. The zero-order chi connectivity index (χ0) is 26.5. The van der Waals surface area contributed by atoms with Crippen molar-refractivity contribution < 1.29 is 14.7 Å². The van der Waals surface area contributed by atoms with Gasteiger partial charge in [0.15, 0.2) is 5.65 Å². The fraction of sp³-hybridized carbons (Fsp3) is 0.464. The van der Waals surface area contributed by atoms with Crippen LogP contribution in [0, 0.1) is 5.92 Å². The number of rotatable bonds is 5. The lowest BCUT2D eigenvalue weighted by Gasteiger charge is -2.38. The van der Waals surface area contributed by atoms with Gasteiger partial charge in [0.2, 0.25) is 0 Å². The number of aromatic nitrogens is 5. The predicted molar refractivity (Wildman–Crippen MR) is 142 cm³/mol. The molecule has 3 heterocycles. The van der Waals surface area contributed by atoms with Crippen LogP contribution in [0.3, 0.4) is 0 Å². The van der Waals surface area contributed by atoms with Crippen LogP contribution in [0.4, 0.5) is 5.69 Å². The third-order valence-corrected chi connectivity index (χ3v) is 7.23. The standard InChI is InChI=1S/C28H34N6O3/c1-27(2,3)34(26(36)21-15-30-32-12-6-11-29-25(21)32)24-13-19-16-33(20-9-7-18(17-35)8-10-20)31-23(19)14-22(24)28(4,5)37/h6,11-18,20,37H,7-10H2,1-5H3. The van der Waals surface area contributed by atoms with E-state index in [-0.39, 0.29) is 17.9 Å². The molecule has 1 fully saturated rings. The average molecular weight is 503 g/mol. The fourth-order valence-electron chi connectivity index (χ4n) is 5.32. The molecule has 0 unspecified atom stereocenters. The number of anilines is 1. The second kappa shape index (κ2) is 9.06. The molecule has 9 nitrogen and oxygen atoms in total. The minimum atomic E-state index is -1.22. The van der Waals surface area contributed by atoms with Crippen LogP contribution >= 0.6 is 0 Å². The van der Waals surface area contributed by atoms with Crippen molar-refractivity contribution >= 4 is 34.4 Å². The second-order valence-corrected chi connectivity index (χ2v) is 11.6. The second-order valence-electron chi connectivity index (χ2n) is 11.6. The third kappa shape index (κ3) is 4.64. The average Bonchev–Trinajstić information content (AvgIpc) is 3.46. The number of fused-ring (bicyclic) bond motifs is 2. The summed E-state index contributed by atoms with van der Waals surface area (Å²) >= 11 is 0. The Morgan fingerprint density at radius 2 is 1.86 bits per heavy atom. The number of aldehydes is 1. The fourth-order valence-corrected chi connectivity index (χ4v) is 5.32. The molecule has 0 spiro atoms. The summed E-state index contributed by atoms with van der Waals surface area (Å²) in [6.07, 6.45) is 11.5. The van der Waals surface area contributed by atoms with Crippen molar-refractivity contribution in [3.05, 3.63) is 54.1 Å². The number of hydrogen-bond donors (Lipinski definition) is 1. The zero-order valence-electron chi connectivity index (χ0n) is 22.0. The molecule has 0 bridgehead atoms. The van der Waals surface area contributed by atoms with Crippen molar-refractivity contribution in [2.45, 2.75) is 77.5 Å². The van der Waals surface area contributed by atoms with E-state index in [1.54, 1.807) is 47.9 Å². The van der Waals surface area contributed by atoms with Gasteiger partial charge >= 0.3 is 0 Å². The van der Waals surface area contributed by atoms with E-state index in [0.717, 1.165) is 42.9 Å². The molecule has 5 rings (SSSR count). The molecule has 1 aliphatic rings. The molecule has 194 valence electrons. The van der Waals surface area contributed by atoms with E-state index in [1.807, 2.05) is 43.8 Å². The molecule has 1 aromatic carbocycles. The number of aliphatic hydroxyl groups is 1. The highest BCUT2D eigenvalue weighted by molar-refractivity contribution is 6.11. The molecular weight excluding hydrogens is 468 g/mol. The SMILES string of the molecule is CC(C)(O)c1cc2nn(C3CCC(C=O)CC3)cc2cc1N(C(=O)c1cnn2cccnc12)C(C)(C)C. The van der Waals surface area contributed by atoms with E-state index in [2.05, 4.69) is 10.1 Å². The quantitative estimate of drug-likeness (QED) is 0.397. The van der Waals surface area contributed by atoms with E-state index in [0.29, 0.717) is 22.5 Å². The van der Waals surface area contributed by atoms with E-state index >= 15 is 0 Å². The van der Waals surface area contributed by atoms with E-state index in [9.17, 15) is 14.7 Å². The molecule has 0 aliphatic heterocycles. The first-order chi connectivity index (χ1) is 17.5. The van der Waals surface area contributed by atoms with Crippen LogP contribution in [0.25, 0.3) is 16.6 Å². The molecule has 37 heavy (non-hydrogen) atoms. The number of carbonyl (C=O) groups excluding carboxylic acids is 2. The molecule has 0 saturated heterocycles. The van der Waals surface area contributed by atoms with E-state index in [1.165, 1.54) is 0 Å². The molecular formula is C28H34N6O3. The minimum absolute atomic E-state index is 0.135. The Bertz CT molecular complexity index is 1460. The predicted octanol–water partition coefficient (Wildman–Crippen LogP) is 4.68. The lowest BCUT2D eigenvalue weighted by molar-refractivity contribution is -0.112. The van der Waals surface area contributed by atoms with Gasteiger partial charge in [-0.25, -0.2) is 9.50 Å². The van der Waals surface area contributed by atoms with Gasteiger partial charge in [0.05, 0.1) is 29.0 Å². The van der Waals surface area contributed by atoms with Crippen molar-refractivity contribution in [3.63, 3.8) is 0 Å². The van der Waals surface area contributed by atoms with Gasteiger partial charge in [0.1, 0.15) is 11.8 Å². The summed E-state index contributed by atoms with van der Waals surface area (Å²) in [5, 5.41) is 21.3. The monoisotopic (exact) mass is 502 g/mol. The Morgan fingerprint density at radius 1 is 1.14 bits per heavy atom. The normalized spacial score (nSPS) is 18.9. The van der Waals surface area contributed by atoms with Gasteiger partial charge in [0, 0.05) is 41.0 Å². The Balaban J connectivity index is 1.63. The van der Waals surface area contributed by atoms with Crippen molar-refractivity contribution in [2.24, 2.45) is 5.92 Å². The highest BCUT2D eigenvalue weighted by Gasteiger charge is 2.36. The van der Waals surface area contributed by atoms with Crippen molar-refractivity contribution in [1.82, 2.24) is 24.4 Å². The molecule has 3 aromatic heterocycles. The summed E-state index contributed by atoms with van der Waals surface area (Å²) < 4.78 is 3.57. The largest absolute Gasteiger partial charge is 0.386 e. The maximum absolute atomic E-state index is 14.1. The Kier molecular flexibility index (Phi) is 6.14. The van der Waals surface area contributed by atoms with E-state index < -0.39 is 11.1 Å². The van der Waals surface area contributed by atoms with Gasteiger partial charge in [-0.15, -0.1) is 0 Å². The minimum Gasteiger partial charge on any atom is -0.386 e. The van der Waals surface area contributed by atoms with Crippen LogP contribution in [0.5, 0.6) is 0 Å². The highest BCUT2D eigenvalue weighted by atomic mass is 16.3. The van der Waals surface area contributed by atoms with Crippen molar-refractivity contribution in [3.8, 4) is 0 Å². The highest BCUT2D eigenvalue weighted by Crippen LogP contribution is 2.39. The van der Waals surface area contributed by atoms with Gasteiger partial charge in [-0.2, -0.15) is 10.2 Å². The van der Waals surface area contributed by atoms with Gasteiger partial charge in [-0.1, -0.05) is 0 Å². The van der Waals surface area contributed by atoms with Crippen molar-refractivity contribution in [2.75, 3.05) is 4.90 Å². The number of hydrogen-bond acceptors (Lipinski definition) is 6. The molecule has 0 atom stereocenters. The van der Waals surface area contributed by atoms with Crippen LogP contribution < -0.4 is 4.90 Å². The molecule has 1 amide bonds. The first-order valence-corrected chi connectivity index (χ1v) is 12.8.